The zero-order chi connectivity index (χ0) is 25.8. The Kier molecular flexibility index (Phi) is 7.85. The van der Waals surface area contributed by atoms with Crippen LogP contribution in [-0.2, 0) is 11.0 Å². The van der Waals surface area contributed by atoms with Crippen LogP contribution in [0.5, 0.6) is 5.75 Å². The van der Waals surface area contributed by atoms with Gasteiger partial charge in [0.05, 0.1) is 17.7 Å². The predicted molar refractivity (Wildman–Crippen MR) is 126 cm³/mol. The molecule has 2 aromatic carbocycles. The Labute approximate surface area is 208 Å². The van der Waals surface area contributed by atoms with Gasteiger partial charge in [-0.25, -0.2) is 4.39 Å². The van der Waals surface area contributed by atoms with Gasteiger partial charge in [-0.3, -0.25) is 9.59 Å². The van der Waals surface area contributed by atoms with Crippen LogP contribution >= 0.6 is 0 Å². The van der Waals surface area contributed by atoms with Crippen LogP contribution in [0.4, 0.5) is 17.6 Å². The quantitative estimate of drug-likeness (QED) is 0.483. The zero-order valence-electron chi connectivity index (χ0n) is 20.0. The molecule has 2 fully saturated rings. The number of piperidine rings is 2. The molecule has 0 saturated carbocycles. The van der Waals surface area contributed by atoms with Crippen LogP contribution in [0.1, 0.15) is 54.4 Å². The smallest absolute Gasteiger partial charge is 0.417 e. The molecule has 2 aromatic rings. The van der Waals surface area contributed by atoms with Gasteiger partial charge in [-0.2, -0.15) is 13.2 Å². The maximum atomic E-state index is 13.5. The summed E-state index contributed by atoms with van der Waals surface area (Å²) < 4.78 is 59.6. The number of rotatable bonds is 6. The third-order valence-corrected chi connectivity index (χ3v) is 7.17. The lowest BCUT2D eigenvalue weighted by Crippen LogP contribution is -2.48. The van der Waals surface area contributed by atoms with Crippen LogP contribution in [0.25, 0.3) is 0 Å². The van der Waals surface area contributed by atoms with Gasteiger partial charge in [-0.1, -0.05) is 12.1 Å². The van der Waals surface area contributed by atoms with Crippen molar-refractivity contribution in [1.82, 2.24) is 9.80 Å². The number of carbonyl (C=O) groups is 2. The van der Waals surface area contributed by atoms with E-state index in [1.807, 2.05) is 4.90 Å². The molecule has 0 bridgehead atoms. The molecule has 0 spiro atoms. The molecule has 2 heterocycles. The van der Waals surface area contributed by atoms with Crippen molar-refractivity contribution in [2.24, 2.45) is 5.41 Å². The number of hydrogen-bond donors (Lipinski definition) is 0. The van der Waals surface area contributed by atoms with Gasteiger partial charge in [0.2, 0.25) is 5.91 Å². The summed E-state index contributed by atoms with van der Waals surface area (Å²) in [6.45, 7) is 2.05. The van der Waals surface area contributed by atoms with Gasteiger partial charge in [0.25, 0.3) is 5.91 Å². The molecule has 194 valence electrons. The lowest BCUT2D eigenvalue weighted by Gasteiger charge is -2.42. The molecule has 0 aliphatic carbocycles. The minimum atomic E-state index is -4.63. The monoisotopic (exact) mass is 506 g/mol. The first-order valence-electron chi connectivity index (χ1n) is 12.3. The number of halogens is 4. The van der Waals surface area contributed by atoms with Crippen molar-refractivity contribution in [2.75, 3.05) is 32.8 Å². The first kappa shape index (κ1) is 26.0. The summed E-state index contributed by atoms with van der Waals surface area (Å²) in [6, 6.07) is 10.4. The van der Waals surface area contributed by atoms with Crippen LogP contribution in [0.2, 0.25) is 0 Å². The van der Waals surface area contributed by atoms with E-state index in [0.717, 1.165) is 25.3 Å². The van der Waals surface area contributed by atoms with Gasteiger partial charge < -0.3 is 14.5 Å². The fraction of sp³-hybridized carbons (Fsp3) is 0.481. The van der Waals surface area contributed by atoms with Crippen molar-refractivity contribution in [3.05, 3.63) is 65.5 Å². The van der Waals surface area contributed by atoms with E-state index < -0.39 is 23.1 Å². The molecule has 2 aliphatic rings. The molecule has 2 saturated heterocycles. The number of nitrogens with zero attached hydrogens (tertiary/aromatic N) is 2. The van der Waals surface area contributed by atoms with E-state index in [4.69, 9.17) is 4.74 Å². The van der Waals surface area contributed by atoms with Crippen LogP contribution in [-0.4, -0.2) is 54.4 Å². The van der Waals surface area contributed by atoms with Gasteiger partial charge in [0, 0.05) is 38.0 Å². The third-order valence-electron chi connectivity index (χ3n) is 7.17. The summed E-state index contributed by atoms with van der Waals surface area (Å²) in [5, 5.41) is 0. The molecule has 4 rings (SSSR count). The van der Waals surface area contributed by atoms with Gasteiger partial charge in [-0.05, 0) is 68.5 Å². The number of alkyl halides is 3. The molecule has 0 atom stereocenters. The van der Waals surface area contributed by atoms with Crippen molar-refractivity contribution in [1.29, 1.82) is 0 Å². The van der Waals surface area contributed by atoms with E-state index >= 15 is 0 Å². The largest absolute Gasteiger partial charge is 0.493 e. The van der Waals surface area contributed by atoms with Crippen LogP contribution in [0.15, 0.2) is 48.5 Å². The highest BCUT2D eigenvalue weighted by Gasteiger charge is 2.41. The standard InChI is InChI=1S/C27H30F4N2O3/c28-20-8-10-21(11-9-20)36-19-26(18-24(34)32-14-4-1-5-15-32)12-16-33(17-13-26)25(35)22-6-2-3-7-23(22)27(29,30)31/h2-3,6-11H,1,4-5,12-19H2. The van der Waals surface area contributed by atoms with E-state index in [2.05, 4.69) is 0 Å². The maximum Gasteiger partial charge on any atom is 0.417 e. The number of carbonyl (C=O) groups excluding carboxylic acids is 2. The van der Waals surface area contributed by atoms with Gasteiger partial charge in [0.1, 0.15) is 11.6 Å². The third kappa shape index (κ3) is 6.17. The highest BCUT2D eigenvalue weighted by Crippen LogP contribution is 2.38. The van der Waals surface area contributed by atoms with E-state index in [-0.39, 0.29) is 43.4 Å². The second-order valence-corrected chi connectivity index (χ2v) is 9.70. The Morgan fingerprint density at radius 1 is 0.861 bits per heavy atom. The molecule has 2 amide bonds. The molecule has 9 heteroatoms. The molecule has 36 heavy (non-hydrogen) atoms. The Bertz CT molecular complexity index is 1060. The van der Waals surface area contributed by atoms with Gasteiger partial charge in [-0.15, -0.1) is 0 Å². The van der Waals surface area contributed by atoms with E-state index in [0.29, 0.717) is 31.7 Å². The van der Waals surface area contributed by atoms with Crippen molar-refractivity contribution in [3.63, 3.8) is 0 Å². The van der Waals surface area contributed by atoms with Crippen molar-refractivity contribution in [2.45, 2.75) is 44.7 Å². The Hall–Kier alpha value is -3.10. The van der Waals surface area contributed by atoms with Crippen LogP contribution in [0, 0.1) is 11.2 Å². The van der Waals surface area contributed by atoms with Crippen LogP contribution < -0.4 is 4.74 Å². The fourth-order valence-electron chi connectivity index (χ4n) is 4.99. The van der Waals surface area contributed by atoms with Gasteiger partial charge in [0.15, 0.2) is 0 Å². The summed E-state index contributed by atoms with van der Waals surface area (Å²) in [5.74, 6) is -0.556. The lowest BCUT2D eigenvalue weighted by molar-refractivity contribution is -0.138. The molecule has 0 radical (unpaired) electrons. The molecule has 0 aromatic heterocycles. The average Bonchev–Trinajstić information content (AvgIpc) is 2.88. The summed E-state index contributed by atoms with van der Waals surface area (Å²) in [5.41, 5.74) is -1.90. The minimum absolute atomic E-state index is 0.0274. The number of benzene rings is 2. The molecule has 0 unspecified atom stereocenters. The Balaban J connectivity index is 1.48. The summed E-state index contributed by atoms with van der Waals surface area (Å²) in [6.07, 6.45) is -0.553. The van der Waals surface area contributed by atoms with Crippen molar-refractivity contribution < 1.29 is 31.9 Å². The summed E-state index contributed by atoms with van der Waals surface area (Å²) in [4.78, 5) is 29.5. The summed E-state index contributed by atoms with van der Waals surface area (Å²) >= 11 is 0. The number of hydrogen-bond acceptors (Lipinski definition) is 3. The van der Waals surface area contributed by atoms with E-state index in [1.54, 1.807) is 0 Å². The molecular formula is C27H30F4N2O3. The first-order chi connectivity index (χ1) is 17.2. The normalized spacial score (nSPS) is 18.1. The Morgan fingerprint density at radius 2 is 1.50 bits per heavy atom. The first-order valence-corrected chi connectivity index (χ1v) is 12.3. The molecule has 2 aliphatic heterocycles. The maximum absolute atomic E-state index is 13.5. The van der Waals surface area contributed by atoms with E-state index in [9.17, 15) is 27.2 Å². The lowest BCUT2D eigenvalue weighted by atomic mass is 9.75. The second kappa shape index (κ2) is 10.9. The van der Waals surface area contributed by atoms with Crippen molar-refractivity contribution in [3.8, 4) is 5.75 Å². The second-order valence-electron chi connectivity index (χ2n) is 9.70. The highest BCUT2D eigenvalue weighted by atomic mass is 19.4. The van der Waals surface area contributed by atoms with Gasteiger partial charge >= 0.3 is 6.18 Å². The SMILES string of the molecule is O=C(CC1(COc2ccc(F)cc2)CCN(C(=O)c2ccccc2C(F)(F)F)CC1)N1CCCCC1. The average molecular weight is 507 g/mol. The fourth-order valence-corrected chi connectivity index (χ4v) is 4.99. The minimum Gasteiger partial charge on any atom is -0.493 e. The Morgan fingerprint density at radius 3 is 2.14 bits per heavy atom. The highest BCUT2D eigenvalue weighted by molar-refractivity contribution is 5.96. The topological polar surface area (TPSA) is 49.9 Å². The number of likely N-dealkylation sites (tertiary alicyclic amines) is 2. The molecular weight excluding hydrogens is 476 g/mol. The predicted octanol–water partition coefficient (Wildman–Crippen LogP) is 5.55. The van der Waals surface area contributed by atoms with E-state index in [1.165, 1.54) is 47.4 Å². The molecule has 0 N–H and O–H groups in total. The zero-order valence-corrected chi connectivity index (χ0v) is 20.0. The molecule has 5 nitrogen and oxygen atoms in total. The summed E-state index contributed by atoms with van der Waals surface area (Å²) in [7, 11) is 0. The van der Waals surface area contributed by atoms with Crippen molar-refractivity contribution >= 4 is 11.8 Å². The van der Waals surface area contributed by atoms with Crippen LogP contribution in [0.3, 0.4) is 0 Å². The number of amides is 2. The number of ether oxygens (including phenoxy) is 1.